The second-order valence-corrected chi connectivity index (χ2v) is 4.04. The van der Waals surface area contributed by atoms with E-state index in [4.69, 9.17) is 0 Å². The highest BCUT2D eigenvalue weighted by Crippen LogP contribution is 2.30. The molecule has 0 fully saturated rings. The number of rotatable bonds is 4. The van der Waals surface area contributed by atoms with Gasteiger partial charge in [0.05, 0.1) is 18.2 Å². The Morgan fingerprint density at radius 3 is 2.80 bits per heavy atom. The van der Waals surface area contributed by atoms with Crippen molar-refractivity contribution in [3.8, 4) is 11.3 Å². The first-order valence-corrected chi connectivity index (χ1v) is 5.96. The van der Waals surface area contributed by atoms with E-state index >= 15 is 0 Å². The molecule has 0 saturated heterocycles. The van der Waals surface area contributed by atoms with Crippen molar-refractivity contribution in [3.05, 3.63) is 35.8 Å². The monoisotopic (exact) mass is 281 g/mol. The van der Waals surface area contributed by atoms with Crippen molar-refractivity contribution < 1.29 is 18.3 Å². The number of hydrogen-bond donors (Lipinski definition) is 0. The van der Waals surface area contributed by atoms with Gasteiger partial charge in [-0.1, -0.05) is 0 Å². The average molecular weight is 281 g/mol. The van der Waals surface area contributed by atoms with Crippen molar-refractivity contribution in [2.24, 2.45) is 0 Å². The highest BCUT2D eigenvalue weighted by atomic mass is 19.3. The molecular weight excluding hydrogens is 268 g/mol. The molecule has 106 valence electrons. The van der Waals surface area contributed by atoms with Gasteiger partial charge in [0.25, 0.3) is 6.43 Å². The smallest absolute Gasteiger partial charge is 0.339 e. The number of nitrogens with zero attached hydrogens (tertiary/aromatic N) is 3. The lowest BCUT2D eigenvalue weighted by molar-refractivity contribution is 0.0600. The molecule has 2 aromatic rings. The Morgan fingerprint density at radius 2 is 2.20 bits per heavy atom. The van der Waals surface area contributed by atoms with Gasteiger partial charge in [-0.2, -0.15) is 5.10 Å². The van der Waals surface area contributed by atoms with Crippen molar-refractivity contribution in [3.63, 3.8) is 0 Å². The quantitative estimate of drug-likeness (QED) is 0.808. The predicted molar refractivity (Wildman–Crippen MR) is 67.4 cm³/mol. The Hall–Kier alpha value is -2.31. The zero-order valence-corrected chi connectivity index (χ0v) is 11.0. The lowest BCUT2D eigenvalue weighted by Crippen LogP contribution is -2.02. The largest absolute Gasteiger partial charge is 0.465 e. The molecule has 0 N–H and O–H groups in total. The van der Waals surface area contributed by atoms with Crippen LogP contribution in [0.5, 0.6) is 0 Å². The normalized spacial score (nSPS) is 10.8. The third-order valence-electron chi connectivity index (χ3n) is 2.78. The number of methoxy groups -OCH3 is 1. The van der Waals surface area contributed by atoms with E-state index < -0.39 is 12.4 Å². The van der Waals surface area contributed by atoms with Crippen LogP contribution >= 0.6 is 0 Å². The van der Waals surface area contributed by atoms with E-state index in [0.29, 0.717) is 12.1 Å². The summed E-state index contributed by atoms with van der Waals surface area (Å²) >= 11 is 0. The highest BCUT2D eigenvalue weighted by Gasteiger charge is 2.20. The number of carbonyl (C=O) groups excluding carboxylic acids is 1. The van der Waals surface area contributed by atoms with Gasteiger partial charge in [-0.3, -0.25) is 9.67 Å². The third kappa shape index (κ3) is 2.66. The Morgan fingerprint density at radius 1 is 1.45 bits per heavy atom. The van der Waals surface area contributed by atoms with E-state index in [1.54, 1.807) is 6.92 Å². The Labute approximate surface area is 114 Å². The molecule has 0 aliphatic carbocycles. The highest BCUT2D eigenvalue weighted by molar-refractivity contribution is 5.90. The third-order valence-corrected chi connectivity index (χ3v) is 2.78. The second kappa shape index (κ2) is 5.77. The first kappa shape index (κ1) is 14.1. The molecule has 0 spiro atoms. The van der Waals surface area contributed by atoms with Crippen molar-refractivity contribution in [1.82, 2.24) is 14.8 Å². The molecule has 0 amide bonds. The maximum absolute atomic E-state index is 13.0. The van der Waals surface area contributed by atoms with Crippen LogP contribution in [0.2, 0.25) is 0 Å². The lowest BCUT2D eigenvalue weighted by Gasteiger charge is -2.03. The van der Waals surface area contributed by atoms with Crippen LogP contribution in [0.1, 0.15) is 29.3 Å². The fraction of sp³-hybridized carbons (Fsp3) is 0.308. The summed E-state index contributed by atoms with van der Waals surface area (Å²) in [6.45, 7) is 2.28. The summed E-state index contributed by atoms with van der Waals surface area (Å²) in [6, 6.07) is 1.44. The van der Waals surface area contributed by atoms with E-state index in [9.17, 15) is 13.6 Å². The van der Waals surface area contributed by atoms with Crippen LogP contribution in [0, 0.1) is 0 Å². The van der Waals surface area contributed by atoms with Crippen molar-refractivity contribution in [2.45, 2.75) is 19.9 Å². The zero-order chi connectivity index (χ0) is 14.7. The van der Waals surface area contributed by atoms with Crippen LogP contribution in [0.25, 0.3) is 11.3 Å². The van der Waals surface area contributed by atoms with E-state index in [1.165, 1.54) is 36.4 Å². The summed E-state index contributed by atoms with van der Waals surface area (Å²) in [7, 11) is 1.24. The number of carbonyl (C=O) groups is 1. The maximum Gasteiger partial charge on any atom is 0.339 e. The standard InChI is InChI=1S/C13H13F2N3O2/c1-3-18-7-10(12(14)15)11(17-18)8-4-9(6-16-5-8)13(19)20-2/h4-7,12H,3H2,1-2H3. The number of alkyl halides is 2. The molecule has 0 unspecified atom stereocenters. The number of hydrogen-bond acceptors (Lipinski definition) is 4. The summed E-state index contributed by atoms with van der Waals surface area (Å²) in [5, 5.41) is 4.09. The average Bonchev–Trinajstić information content (AvgIpc) is 2.91. The number of ether oxygens (including phenoxy) is 1. The Bertz CT molecular complexity index is 626. The van der Waals surface area contributed by atoms with Crippen LogP contribution in [-0.2, 0) is 11.3 Å². The molecule has 2 heterocycles. The summed E-state index contributed by atoms with van der Waals surface area (Å²) in [5.41, 5.74) is 0.488. The fourth-order valence-electron chi connectivity index (χ4n) is 1.78. The zero-order valence-electron chi connectivity index (χ0n) is 11.0. The molecule has 0 aliphatic heterocycles. The van der Waals surface area contributed by atoms with Crippen molar-refractivity contribution in [2.75, 3.05) is 7.11 Å². The van der Waals surface area contributed by atoms with E-state index in [2.05, 4.69) is 14.8 Å². The van der Waals surface area contributed by atoms with Crippen molar-refractivity contribution in [1.29, 1.82) is 0 Å². The van der Waals surface area contributed by atoms with Gasteiger partial charge in [0.15, 0.2) is 0 Å². The first-order valence-electron chi connectivity index (χ1n) is 5.96. The summed E-state index contributed by atoms with van der Waals surface area (Å²) in [4.78, 5) is 15.3. The van der Waals surface area contributed by atoms with Gasteiger partial charge >= 0.3 is 5.97 Å². The van der Waals surface area contributed by atoms with Crippen molar-refractivity contribution >= 4 is 5.97 Å². The maximum atomic E-state index is 13.0. The number of halogens is 2. The topological polar surface area (TPSA) is 57.0 Å². The fourth-order valence-corrected chi connectivity index (χ4v) is 1.78. The number of aromatic nitrogens is 3. The minimum absolute atomic E-state index is 0.125. The SMILES string of the molecule is CCn1cc(C(F)F)c(-c2cncc(C(=O)OC)c2)n1. The van der Waals surface area contributed by atoms with Gasteiger partial charge in [0, 0.05) is 30.7 Å². The molecule has 5 nitrogen and oxygen atoms in total. The predicted octanol–water partition coefficient (Wildman–Crippen LogP) is 2.69. The molecule has 2 aromatic heterocycles. The number of aryl methyl sites for hydroxylation is 1. The number of pyridine rings is 1. The Balaban J connectivity index is 2.50. The molecule has 0 aliphatic rings. The van der Waals surface area contributed by atoms with E-state index in [1.807, 2.05) is 0 Å². The molecule has 2 rings (SSSR count). The Kier molecular flexibility index (Phi) is 4.07. The van der Waals surface area contributed by atoms with Gasteiger partial charge in [-0.25, -0.2) is 13.6 Å². The van der Waals surface area contributed by atoms with Gasteiger partial charge in [0.1, 0.15) is 5.69 Å². The molecule has 0 saturated carbocycles. The van der Waals surface area contributed by atoms with Crippen LogP contribution in [0.3, 0.4) is 0 Å². The molecule has 0 aromatic carbocycles. The number of esters is 1. The van der Waals surface area contributed by atoms with Crippen LogP contribution in [-0.4, -0.2) is 27.8 Å². The first-order chi connectivity index (χ1) is 9.56. The van der Waals surface area contributed by atoms with E-state index in [0.717, 1.165) is 0 Å². The van der Waals surface area contributed by atoms with E-state index in [-0.39, 0.29) is 16.8 Å². The van der Waals surface area contributed by atoms with Gasteiger partial charge in [-0.15, -0.1) is 0 Å². The van der Waals surface area contributed by atoms with Crippen LogP contribution in [0.15, 0.2) is 24.7 Å². The molecular formula is C13H13F2N3O2. The lowest BCUT2D eigenvalue weighted by atomic mass is 10.1. The van der Waals surface area contributed by atoms with Crippen LogP contribution in [0.4, 0.5) is 8.78 Å². The van der Waals surface area contributed by atoms with Gasteiger partial charge in [-0.05, 0) is 13.0 Å². The second-order valence-electron chi connectivity index (χ2n) is 4.04. The minimum atomic E-state index is -2.65. The van der Waals surface area contributed by atoms with Gasteiger partial charge < -0.3 is 4.74 Å². The molecule has 0 bridgehead atoms. The summed E-state index contributed by atoms with van der Waals surface area (Å²) in [6.07, 6.45) is 1.35. The molecule has 0 radical (unpaired) electrons. The summed E-state index contributed by atoms with van der Waals surface area (Å²) < 4.78 is 32.0. The van der Waals surface area contributed by atoms with Crippen LogP contribution < -0.4 is 0 Å². The van der Waals surface area contributed by atoms with Gasteiger partial charge in [0.2, 0.25) is 0 Å². The summed E-state index contributed by atoms with van der Waals surface area (Å²) in [5.74, 6) is -0.576. The molecule has 20 heavy (non-hydrogen) atoms. The molecule has 0 atom stereocenters. The minimum Gasteiger partial charge on any atom is -0.465 e. The molecule has 7 heteroatoms.